The van der Waals surface area contributed by atoms with Crippen LogP contribution < -0.4 is 25.6 Å². The first-order chi connectivity index (χ1) is 19.4. The molecule has 1 aromatic carbocycles. The number of hydrogen-bond donors (Lipinski definition) is 3. The molecule has 0 spiro atoms. The number of aromatic nitrogens is 2. The number of carbonyl (C=O) groups is 3. The summed E-state index contributed by atoms with van der Waals surface area (Å²) in [6, 6.07) is 10.1. The molecule has 40 heavy (non-hydrogen) atoms. The lowest BCUT2D eigenvalue weighted by Crippen LogP contribution is -2.48. The van der Waals surface area contributed by atoms with Crippen LogP contribution in [0.15, 0.2) is 67.6 Å². The largest absolute Gasteiger partial charge is 0.456 e. The van der Waals surface area contributed by atoms with Crippen LogP contribution in [0.5, 0.6) is 11.5 Å². The Morgan fingerprint density at radius 3 is 2.70 bits per heavy atom. The Labute approximate surface area is 234 Å². The highest BCUT2D eigenvalue weighted by atomic mass is 32.1. The summed E-state index contributed by atoms with van der Waals surface area (Å²) >= 11 is 1.23. The second kappa shape index (κ2) is 10.4. The lowest BCUT2D eigenvalue weighted by atomic mass is 10.1. The Morgan fingerprint density at radius 2 is 1.95 bits per heavy atom. The zero-order chi connectivity index (χ0) is 27.8. The third-order valence-corrected chi connectivity index (χ3v) is 8.17. The van der Waals surface area contributed by atoms with Gasteiger partial charge in [0.2, 0.25) is 5.91 Å². The summed E-state index contributed by atoms with van der Waals surface area (Å²) in [4.78, 5) is 50.0. The van der Waals surface area contributed by atoms with Gasteiger partial charge in [-0.3, -0.25) is 19.5 Å². The summed E-state index contributed by atoms with van der Waals surface area (Å²) in [5, 5.41) is 9.59. The van der Waals surface area contributed by atoms with Gasteiger partial charge in [-0.2, -0.15) is 0 Å². The van der Waals surface area contributed by atoms with Gasteiger partial charge in [0, 0.05) is 24.5 Å². The third kappa shape index (κ3) is 4.64. The van der Waals surface area contributed by atoms with E-state index in [1.165, 1.54) is 17.4 Å². The first-order valence-corrected chi connectivity index (χ1v) is 13.7. The van der Waals surface area contributed by atoms with Crippen molar-refractivity contribution in [2.75, 3.05) is 10.2 Å². The van der Waals surface area contributed by atoms with Crippen LogP contribution in [0.1, 0.15) is 34.5 Å². The zero-order valence-corrected chi connectivity index (χ0v) is 22.5. The van der Waals surface area contributed by atoms with Gasteiger partial charge in [0.15, 0.2) is 0 Å². The Morgan fingerprint density at radius 1 is 1.12 bits per heavy atom. The predicted molar refractivity (Wildman–Crippen MR) is 154 cm³/mol. The molecule has 1 fully saturated rings. The molecule has 2 atom stereocenters. The summed E-state index contributed by atoms with van der Waals surface area (Å²) in [7, 11) is 0. The van der Waals surface area contributed by atoms with Crippen molar-refractivity contribution in [2.24, 2.45) is 0 Å². The van der Waals surface area contributed by atoms with Crippen LogP contribution in [0.3, 0.4) is 0 Å². The summed E-state index contributed by atoms with van der Waals surface area (Å²) in [6.45, 7) is 5.41. The molecule has 6 rings (SSSR count). The lowest BCUT2D eigenvalue weighted by Gasteiger charge is -2.29. The fourth-order valence-electron chi connectivity index (χ4n) is 5.25. The standard InChI is InChI=1S/C29H26N6O4S/c1-3-23(36)32-19-7-4-8-20(19)33-27(37)26-25-24-22(11-13-31-28(24)40-26)35(29(38)34-25)21-10-9-17(14-16(21)2)39-18-6-5-12-30-15-18/h3,5-6,9-15,19-20H,1,4,7-8H2,2H3,(H,32,36)(H,33,37)(H,34,38)/t19-,20?/m0/s1. The maximum Gasteiger partial charge on any atom is 0.331 e. The van der Waals surface area contributed by atoms with Crippen molar-refractivity contribution in [3.8, 4) is 11.5 Å². The van der Waals surface area contributed by atoms with Gasteiger partial charge in [-0.15, -0.1) is 11.3 Å². The first-order valence-electron chi connectivity index (χ1n) is 12.9. The fourth-order valence-corrected chi connectivity index (χ4v) is 6.27. The number of thiophene rings is 1. The third-order valence-electron chi connectivity index (χ3n) is 7.08. The maximum absolute atomic E-state index is 13.5. The van der Waals surface area contributed by atoms with Crippen molar-refractivity contribution in [2.45, 2.75) is 38.3 Å². The molecule has 202 valence electrons. The van der Waals surface area contributed by atoms with E-state index in [0.29, 0.717) is 43.7 Å². The molecule has 0 bridgehead atoms. The van der Waals surface area contributed by atoms with Gasteiger partial charge in [0.05, 0.1) is 28.6 Å². The van der Waals surface area contributed by atoms with E-state index in [2.05, 4.69) is 32.5 Å². The van der Waals surface area contributed by atoms with Crippen molar-refractivity contribution in [1.29, 1.82) is 0 Å². The minimum atomic E-state index is -0.381. The van der Waals surface area contributed by atoms with Crippen LogP contribution in [0.2, 0.25) is 0 Å². The summed E-state index contributed by atoms with van der Waals surface area (Å²) in [6.07, 6.45) is 8.57. The van der Waals surface area contributed by atoms with Crippen molar-refractivity contribution in [3.05, 3.63) is 78.1 Å². The minimum Gasteiger partial charge on any atom is -0.456 e. The number of urea groups is 1. The molecule has 3 aromatic heterocycles. The van der Waals surface area contributed by atoms with Crippen LogP contribution in [0.25, 0.3) is 10.2 Å². The Kier molecular flexibility index (Phi) is 6.64. The second-order valence-electron chi connectivity index (χ2n) is 9.65. The number of anilines is 3. The van der Waals surface area contributed by atoms with Crippen molar-refractivity contribution < 1.29 is 19.1 Å². The van der Waals surface area contributed by atoms with E-state index in [-0.39, 0.29) is 29.9 Å². The van der Waals surface area contributed by atoms with Crippen molar-refractivity contribution in [3.63, 3.8) is 0 Å². The lowest BCUT2D eigenvalue weighted by molar-refractivity contribution is -0.117. The molecule has 10 nitrogen and oxygen atoms in total. The zero-order valence-electron chi connectivity index (χ0n) is 21.6. The molecule has 1 aliphatic heterocycles. The smallest absolute Gasteiger partial charge is 0.331 e. The van der Waals surface area contributed by atoms with Gasteiger partial charge in [-0.1, -0.05) is 6.58 Å². The van der Waals surface area contributed by atoms with E-state index in [1.807, 2.05) is 25.1 Å². The summed E-state index contributed by atoms with van der Waals surface area (Å²) in [5.74, 6) is 0.657. The number of aryl methyl sites for hydroxylation is 1. The van der Waals surface area contributed by atoms with Crippen LogP contribution in [-0.2, 0) is 4.79 Å². The molecule has 4 amide bonds. The molecule has 11 heteroatoms. The number of nitrogens with one attached hydrogen (secondary N) is 3. The van der Waals surface area contributed by atoms with Crippen molar-refractivity contribution >= 4 is 56.5 Å². The summed E-state index contributed by atoms with van der Waals surface area (Å²) in [5.41, 5.74) is 2.59. The predicted octanol–water partition coefficient (Wildman–Crippen LogP) is 5.43. The number of pyridine rings is 2. The Balaban J connectivity index is 1.30. The van der Waals surface area contributed by atoms with E-state index in [0.717, 1.165) is 24.8 Å². The molecular formula is C29H26N6O4S. The van der Waals surface area contributed by atoms with Crippen LogP contribution in [0.4, 0.5) is 21.9 Å². The quantitative estimate of drug-likeness (QED) is 0.262. The normalized spacial score (nSPS) is 17.8. The van der Waals surface area contributed by atoms with Gasteiger partial charge in [-0.25, -0.2) is 9.78 Å². The van der Waals surface area contributed by atoms with E-state index in [4.69, 9.17) is 4.74 Å². The van der Waals surface area contributed by atoms with Gasteiger partial charge in [-0.05, 0) is 74.2 Å². The van der Waals surface area contributed by atoms with Gasteiger partial charge >= 0.3 is 6.03 Å². The molecule has 4 aromatic rings. The van der Waals surface area contributed by atoms with Crippen molar-refractivity contribution in [1.82, 2.24) is 20.6 Å². The highest BCUT2D eigenvalue weighted by Gasteiger charge is 2.35. The Hall–Kier alpha value is -4.77. The van der Waals surface area contributed by atoms with E-state index in [1.54, 1.807) is 41.7 Å². The van der Waals surface area contributed by atoms with Gasteiger partial charge in [0.25, 0.3) is 5.91 Å². The SMILES string of the molecule is C=CC(=O)N[C@H]1CCCC1NC(=O)c1sc2nccc3c2c1NC(=O)N3c1ccc(Oc2cccnc2)cc1C. The average Bonchev–Trinajstić information content (AvgIpc) is 3.55. The van der Waals surface area contributed by atoms with Gasteiger partial charge in [0.1, 0.15) is 21.2 Å². The number of carbonyl (C=O) groups excluding carboxylic acids is 3. The monoisotopic (exact) mass is 554 g/mol. The van der Waals surface area contributed by atoms with Crippen LogP contribution in [-0.4, -0.2) is 39.9 Å². The molecule has 1 unspecified atom stereocenters. The highest BCUT2D eigenvalue weighted by Crippen LogP contribution is 2.46. The molecule has 4 heterocycles. The maximum atomic E-state index is 13.5. The molecule has 1 aliphatic carbocycles. The van der Waals surface area contributed by atoms with E-state index in [9.17, 15) is 14.4 Å². The molecule has 3 N–H and O–H groups in total. The molecule has 2 aliphatic rings. The average molecular weight is 555 g/mol. The van der Waals surface area contributed by atoms with Crippen LogP contribution >= 0.6 is 11.3 Å². The summed E-state index contributed by atoms with van der Waals surface area (Å²) < 4.78 is 5.90. The number of rotatable bonds is 7. The van der Waals surface area contributed by atoms with E-state index >= 15 is 0 Å². The molecular weight excluding hydrogens is 528 g/mol. The number of ether oxygens (including phenoxy) is 1. The van der Waals surface area contributed by atoms with Crippen LogP contribution in [0, 0.1) is 6.92 Å². The Bertz CT molecular complexity index is 1650. The topological polar surface area (TPSA) is 126 Å². The number of amides is 4. The number of nitrogens with zero attached hydrogens (tertiary/aromatic N) is 3. The second-order valence-corrected chi connectivity index (χ2v) is 10.7. The molecule has 1 saturated carbocycles. The first kappa shape index (κ1) is 25.5. The number of hydrogen-bond acceptors (Lipinski definition) is 7. The van der Waals surface area contributed by atoms with Gasteiger partial charge < -0.3 is 20.7 Å². The fraction of sp³-hybridized carbons (Fsp3) is 0.207. The number of benzene rings is 1. The molecule has 0 radical (unpaired) electrons. The van der Waals surface area contributed by atoms with E-state index < -0.39 is 0 Å². The highest BCUT2D eigenvalue weighted by molar-refractivity contribution is 7.21. The molecule has 0 saturated heterocycles. The minimum absolute atomic E-state index is 0.174.